The summed E-state index contributed by atoms with van der Waals surface area (Å²) >= 11 is 4.57. The lowest BCUT2D eigenvalue weighted by atomic mass is 10.2. The van der Waals surface area contributed by atoms with Gasteiger partial charge in [0, 0.05) is 4.47 Å². The minimum Gasteiger partial charge on any atom is -0.465 e. The highest BCUT2D eigenvalue weighted by Gasteiger charge is 2.19. The molecular formula is C16H14BrN5O4S2. The van der Waals surface area contributed by atoms with Gasteiger partial charge < -0.3 is 4.74 Å². The monoisotopic (exact) mass is 483 g/mol. The predicted molar refractivity (Wildman–Crippen MR) is 107 cm³/mol. The Morgan fingerprint density at radius 2 is 2.04 bits per heavy atom. The molecule has 0 aliphatic heterocycles. The summed E-state index contributed by atoms with van der Waals surface area (Å²) in [4.78, 5) is 11.7. The van der Waals surface area contributed by atoms with Crippen LogP contribution in [0, 0.1) is 0 Å². The van der Waals surface area contributed by atoms with E-state index >= 15 is 0 Å². The lowest BCUT2D eigenvalue weighted by Crippen LogP contribution is -2.14. The first kappa shape index (κ1) is 20.3. The van der Waals surface area contributed by atoms with Crippen LogP contribution in [0.25, 0.3) is 5.69 Å². The second-order valence-corrected chi connectivity index (χ2v) is 8.68. The first-order valence-corrected chi connectivity index (χ1v) is 11.2. The molecule has 0 spiro atoms. The topological polar surface area (TPSA) is 116 Å². The van der Waals surface area contributed by atoms with Gasteiger partial charge in [0.05, 0.1) is 28.9 Å². The van der Waals surface area contributed by atoms with Crippen molar-refractivity contribution < 1.29 is 17.9 Å². The van der Waals surface area contributed by atoms with Gasteiger partial charge in [-0.2, -0.15) is 4.68 Å². The summed E-state index contributed by atoms with van der Waals surface area (Å²) in [6.07, 6.45) is 1.83. The van der Waals surface area contributed by atoms with Crippen LogP contribution in [0.3, 0.4) is 0 Å². The zero-order valence-corrected chi connectivity index (χ0v) is 17.9. The number of sulfonamides is 1. The highest BCUT2D eigenvalue weighted by atomic mass is 79.9. The van der Waals surface area contributed by atoms with Crippen LogP contribution < -0.4 is 4.72 Å². The van der Waals surface area contributed by atoms with E-state index in [9.17, 15) is 13.2 Å². The molecule has 0 bridgehead atoms. The number of anilines is 1. The quantitative estimate of drug-likeness (QED) is 0.420. The fourth-order valence-corrected chi connectivity index (χ4v) is 4.24. The summed E-state index contributed by atoms with van der Waals surface area (Å²) in [5.74, 6) is -0.644. The summed E-state index contributed by atoms with van der Waals surface area (Å²) in [5.41, 5.74) is 1.03. The SMILES string of the molecule is COC(=O)c1cc(S(=O)(=O)Nc2cccc(-n3nnnc3SC)c2)ccc1Br. The smallest absolute Gasteiger partial charge is 0.339 e. The molecular weight excluding hydrogens is 470 g/mol. The van der Waals surface area contributed by atoms with Crippen molar-refractivity contribution in [2.24, 2.45) is 0 Å². The Balaban J connectivity index is 1.93. The van der Waals surface area contributed by atoms with Gasteiger partial charge in [-0.25, -0.2) is 13.2 Å². The lowest BCUT2D eigenvalue weighted by molar-refractivity contribution is 0.0599. The summed E-state index contributed by atoms with van der Waals surface area (Å²) < 4.78 is 34.6. The Morgan fingerprint density at radius 1 is 1.25 bits per heavy atom. The molecule has 0 unspecified atom stereocenters. The highest BCUT2D eigenvalue weighted by Crippen LogP contribution is 2.25. The number of esters is 1. The molecule has 2 aromatic carbocycles. The van der Waals surface area contributed by atoms with Gasteiger partial charge in [0.25, 0.3) is 10.0 Å². The van der Waals surface area contributed by atoms with Crippen LogP contribution in [0.4, 0.5) is 5.69 Å². The van der Waals surface area contributed by atoms with Crippen molar-refractivity contribution in [3.63, 3.8) is 0 Å². The van der Waals surface area contributed by atoms with Gasteiger partial charge in [-0.3, -0.25) is 4.72 Å². The average Bonchev–Trinajstić information content (AvgIpc) is 3.16. The van der Waals surface area contributed by atoms with Gasteiger partial charge in [0.2, 0.25) is 5.16 Å². The predicted octanol–water partition coefficient (Wildman–Crippen LogP) is 2.73. The van der Waals surface area contributed by atoms with Gasteiger partial charge in [-0.1, -0.05) is 17.8 Å². The van der Waals surface area contributed by atoms with E-state index < -0.39 is 16.0 Å². The maximum absolute atomic E-state index is 12.8. The van der Waals surface area contributed by atoms with E-state index in [-0.39, 0.29) is 10.5 Å². The van der Waals surface area contributed by atoms with Gasteiger partial charge in [-0.05, 0) is 69.0 Å². The number of nitrogens with zero attached hydrogens (tertiary/aromatic N) is 4. The van der Waals surface area contributed by atoms with E-state index in [1.807, 2.05) is 6.26 Å². The van der Waals surface area contributed by atoms with E-state index in [2.05, 4.69) is 40.9 Å². The van der Waals surface area contributed by atoms with Crippen LogP contribution in [0.5, 0.6) is 0 Å². The third-order valence-electron chi connectivity index (χ3n) is 3.62. The molecule has 0 saturated heterocycles. The number of hydrogen-bond acceptors (Lipinski definition) is 8. The number of nitrogens with one attached hydrogen (secondary N) is 1. The van der Waals surface area contributed by atoms with Crippen molar-refractivity contribution in [2.75, 3.05) is 18.1 Å². The molecule has 28 heavy (non-hydrogen) atoms. The number of carbonyl (C=O) groups excluding carboxylic acids is 1. The van der Waals surface area contributed by atoms with E-state index in [1.165, 1.54) is 41.8 Å². The van der Waals surface area contributed by atoms with Crippen molar-refractivity contribution >= 4 is 49.4 Å². The molecule has 0 aliphatic rings. The number of benzene rings is 2. The van der Waals surface area contributed by atoms with Crippen LogP contribution in [-0.4, -0.2) is 48.0 Å². The molecule has 1 heterocycles. The zero-order valence-electron chi connectivity index (χ0n) is 14.7. The van der Waals surface area contributed by atoms with Crippen molar-refractivity contribution in [2.45, 2.75) is 10.1 Å². The molecule has 0 fully saturated rings. The minimum atomic E-state index is -3.94. The van der Waals surface area contributed by atoms with E-state index in [4.69, 9.17) is 0 Å². The van der Waals surface area contributed by atoms with Gasteiger partial charge in [0.1, 0.15) is 0 Å². The molecule has 3 rings (SSSR count). The number of tetrazole rings is 1. The van der Waals surface area contributed by atoms with Crippen LogP contribution >= 0.6 is 27.7 Å². The molecule has 1 aromatic heterocycles. The second-order valence-electron chi connectivity index (χ2n) is 5.37. The Morgan fingerprint density at radius 3 is 2.75 bits per heavy atom. The normalized spacial score (nSPS) is 11.2. The maximum Gasteiger partial charge on any atom is 0.339 e. The summed E-state index contributed by atoms with van der Waals surface area (Å²) in [7, 11) is -2.72. The van der Waals surface area contributed by atoms with Crippen LogP contribution in [-0.2, 0) is 14.8 Å². The number of thioether (sulfide) groups is 1. The number of carbonyl (C=O) groups is 1. The number of aromatic nitrogens is 4. The fraction of sp³-hybridized carbons (Fsp3) is 0.125. The van der Waals surface area contributed by atoms with Gasteiger partial charge in [0.15, 0.2) is 0 Å². The van der Waals surface area contributed by atoms with E-state index in [0.717, 1.165) is 0 Å². The number of methoxy groups -OCH3 is 1. The third-order valence-corrected chi connectivity index (χ3v) is 6.31. The molecule has 12 heteroatoms. The minimum absolute atomic E-state index is 0.0753. The molecule has 0 aliphatic carbocycles. The molecule has 3 aromatic rings. The molecule has 1 N–H and O–H groups in total. The Kier molecular flexibility index (Phi) is 6.01. The molecule has 0 saturated carbocycles. The fourth-order valence-electron chi connectivity index (χ4n) is 2.32. The number of rotatable bonds is 6. The van der Waals surface area contributed by atoms with Crippen LogP contribution in [0.2, 0.25) is 0 Å². The molecule has 0 atom stereocenters. The summed E-state index contributed by atoms with van der Waals surface area (Å²) in [6.45, 7) is 0. The van der Waals surface area contributed by atoms with Crippen molar-refractivity contribution in [3.05, 3.63) is 52.5 Å². The average molecular weight is 484 g/mol. The molecule has 0 amide bonds. The molecule has 146 valence electrons. The van der Waals surface area contributed by atoms with Gasteiger partial charge >= 0.3 is 5.97 Å². The van der Waals surface area contributed by atoms with Crippen molar-refractivity contribution in [3.8, 4) is 5.69 Å². The largest absolute Gasteiger partial charge is 0.465 e. The van der Waals surface area contributed by atoms with Crippen molar-refractivity contribution in [1.82, 2.24) is 20.2 Å². The molecule has 9 nitrogen and oxygen atoms in total. The number of hydrogen-bond donors (Lipinski definition) is 1. The Bertz CT molecular complexity index is 1130. The van der Waals surface area contributed by atoms with Crippen LogP contribution in [0.15, 0.2) is 57.0 Å². The Hall–Kier alpha value is -2.44. The summed E-state index contributed by atoms with van der Waals surface area (Å²) in [5, 5.41) is 12.0. The second kappa shape index (κ2) is 8.29. The van der Waals surface area contributed by atoms with E-state index in [1.54, 1.807) is 24.3 Å². The highest BCUT2D eigenvalue weighted by molar-refractivity contribution is 9.10. The first-order chi connectivity index (χ1) is 13.4. The third kappa shape index (κ3) is 4.18. The maximum atomic E-state index is 12.8. The number of ether oxygens (including phenoxy) is 1. The van der Waals surface area contributed by atoms with Crippen molar-refractivity contribution in [1.29, 1.82) is 0 Å². The number of halogens is 1. The van der Waals surface area contributed by atoms with Crippen LogP contribution in [0.1, 0.15) is 10.4 Å². The standard InChI is InChI=1S/C16H14BrN5O4S2/c1-26-15(23)13-9-12(6-7-14(13)17)28(24,25)19-10-4-3-5-11(8-10)22-16(27-2)18-20-21-22/h3-9,19H,1-2H3. The van der Waals surface area contributed by atoms with E-state index in [0.29, 0.717) is 21.0 Å². The summed E-state index contributed by atoms with van der Waals surface area (Å²) in [6, 6.07) is 10.7. The Labute approximate surface area is 173 Å². The first-order valence-electron chi connectivity index (χ1n) is 7.69. The lowest BCUT2D eigenvalue weighted by Gasteiger charge is -2.11. The zero-order chi connectivity index (χ0) is 20.3. The van der Waals surface area contributed by atoms with Gasteiger partial charge in [-0.15, -0.1) is 5.10 Å². The molecule has 0 radical (unpaired) electrons.